The van der Waals surface area contributed by atoms with Crippen LogP contribution in [0.15, 0.2) is 23.2 Å². The van der Waals surface area contributed by atoms with Gasteiger partial charge < -0.3 is 19.4 Å². The molecule has 0 amide bonds. The minimum atomic E-state index is -0.255. The molecule has 2 aliphatic rings. The summed E-state index contributed by atoms with van der Waals surface area (Å²) in [5, 5.41) is 0. The summed E-state index contributed by atoms with van der Waals surface area (Å²) in [6.45, 7) is 4.92. The number of anilines is 1. The van der Waals surface area contributed by atoms with Crippen LogP contribution in [0.2, 0.25) is 0 Å². The van der Waals surface area contributed by atoms with Crippen molar-refractivity contribution in [2.24, 2.45) is 4.99 Å². The highest BCUT2D eigenvalue weighted by Crippen LogP contribution is 2.31. The molecule has 0 aliphatic carbocycles. The van der Waals surface area contributed by atoms with Crippen molar-refractivity contribution in [2.75, 3.05) is 58.4 Å². The van der Waals surface area contributed by atoms with Crippen LogP contribution in [0, 0.1) is 5.82 Å². The third-order valence-corrected chi connectivity index (χ3v) is 3.96. The van der Waals surface area contributed by atoms with Gasteiger partial charge in [0.15, 0.2) is 0 Å². The number of morpholine rings is 1. The molecule has 0 saturated carbocycles. The summed E-state index contributed by atoms with van der Waals surface area (Å²) in [5.41, 5.74) is 1.66. The fourth-order valence-electron chi connectivity index (χ4n) is 2.73. The van der Waals surface area contributed by atoms with Crippen LogP contribution in [-0.4, -0.2) is 69.2 Å². The predicted molar refractivity (Wildman–Crippen MR) is 81.8 cm³/mol. The van der Waals surface area contributed by atoms with Gasteiger partial charge in [-0.2, -0.15) is 0 Å². The lowest BCUT2D eigenvalue weighted by Gasteiger charge is -2.30. The fourth-order valence-corrected chi connectivity index (χ4v) is 2.73. The minimum Gasteiger partial charge on any atom is -0.378 e. The van der Waals surface area contributed by atoms with Crippen molar-refractivity contribution in [1.82, 2.24) is 9.80 Å². The molecule has 2 heterocycles. The number of benzene rings is 1. The Hall–Kier alpha value is -1.82. The van der Waals surface area contributed by atoms with Gasteiger partial charge in [0.1, 0.15) is 5.82 Å². The summed E-state index contributed by atoms with van der Waals surface area (Å²) in [4.78, 5) is 11.1. The van der Waals surface area contributed by atoms with Crippen LogP contribution in [0.5, 0.6) is 0 Å². The Morgan fingerprint density at radius 3 is 2.38 bits per heavy atom. The van der Waals surface area contributed by atoms with Crippen molar-refractivity contribution in [3.63, 3.8) is 0 Å². The average molecular weight is 292 g/mol. The lowest BCUT2D eigenvalue weighted by atomic mass is 10.2. The van der Waals surface area contributed by atoms with Crippen LogP contribution in [0.1, 0.15) is 0 Å². The number of hydrogen-bond acceptors (Lipinski definition) is 3. The number of halogens is 1. The molecule has 114 valence electrons. The summed E-state index contributed by atoms with van der Waals surface area (Å²) in [7, 11) is 4.02. The van der Waals surface area contributed by atoms with Crippen LogP contribution in [-0.2, 0) is 4.74 Å². The zero-order chi connectivity index (χ0) is 14.8. The predicted octanol–water partition coefficient (Wildman–Crippen LogP) is 1.53. The van der Waals surface area contributed by atoms with Crippen molar-refractivity contribution in [2.45, 2.75) is 0 Å². The monoisotopic (exact) mass is 292 g/mol. The Bertz CT molecular complexity index is 530. The van der Waals surface area contributed by atoms with Crippen molar-refractivity contribution < 1.29 is 9.13 Å². The molecule has 0 N–H and O–H groups in total. The second kappa shape index (κ2) is 5.89. The standard InChI is InChI=1S/C15H21FN4O/c1-18-5-6-19(2)15(18)17-13-11-12(16)3-4-14(13)20-7-9-21-10-8-20/h3-4,11H,5-10H2,1-2H3. The summed E-state index contributed by atoms with van der Waals surface area (Å²) < 4.78 is 19.0. The first-order valence-electron chi connectivity index (χ1n) is 7.28. The van der Waals surface area contributed by atoms with E-state index < -0.39 is 0 Å². The van der Waals surface area contributed by atoms with E-state index in [9.17, 15) is 4.39 Å². The summed E-state index contributed by atoms with van der Waals surface area (Å²) in [5.74, 6) is 0.629. The number of rotatable bonds is 2. The second-order valence-electron chi connectivity index (χ2n) is 5.49. The van der Waals surface area contributed by atoms with E-state index in [1.165, 1.54) is 12.1 Å². The van der Waals surface area contributed by atoms with E-state index in [-0.39, 0.29) is 5.82 Å². The smallest absolute Gasteiger partial charge is 0.201 e. The van der Waals surface area contributed by atoms with Crippen LogP contribution in [0.25, 0.3) is 0 Å². The van der Waals surface area contributed by atoms with Gasteiger partial charge in [-0.15, -0.1) is 0 Å². The molecule has 21 heavy (non-hydrogen) atoms. The lowest BCUT2D eigenvalue weighted by Crippen LogP contribution is -2.36. The quantitative estimate of drug-likeness (QED) is 0.827. The number of aliphatic imine (C=N–C) groups is 1. The molecule has 0 radical (unpaired) electrons. The molecule has 0 bridgehead atoms. The zero-order valence-corrected chi connectivity index (χ0v) is 12.5. The Morgan fingerprint density at radius 1 is 1.05 bits per heavy atom. The summed E-state index contributed by atoms with van der Waals surface area (Å²) in [6, 6.07) is 4.82. The normalized spacial score (nSPS) is 19.4. The van der Waals surface area contributed by atoms with Gasteiger partial charge >= 0.3 is 0 Å². The minimum absolute atomic E-state index is 0.255. The summed E-state index contributed by atoms with van der Waals surface area (Å²) >= 11 is 0. The number of ether oxygens (including phenoxy) is 1. The van der Waals surface area contributed by atoms with E-state index in [0.717, 1.165) is 37.8 Å². The number of guanidine groups is 1. The van der Waals surface area contributed by atoms with E-state index in [4.69, 9.17) is 9.73 Å². The van der Waals surface area contributed by atoms with Gasteiger partial charge in [0.2, 0.25) is 5.96 Å². The van der Waals surface area contributed by atoms with Gasteiger partial charge in [0.25, 0.3) is 0 Å². The van der Waals surface area contributed by atoms with Gasteiger partial charge in [0.05, 0.1) is 24.6 Å². The molecule has 2 fully saturated rings. The number of likely N-dealkylation sites (N-methyl/N-ethyl adjacent to an activating group) is 2. The van der Waals surface area contributed by atoms with Crippen LogP contribution >= 0.6 is 0 Å². The van der Waals surface area contributed by atoms with Gasteiger partial charge in [-0.1, -0.05) is 0 Å². The lowest BCUT2D eigenvalue weighted by molar-refractivity contribution is 0.123. The highest BCUT2D eigenvalue weighted by atomic mass is 19.1. The maximum Gasteiger partial charge on any atom is 0.201 e. The van der Waals surface area contributed by atoms with Crippen molar-refractivity contribution in [3.8, 4) is 0 Å². The second-order valence-corrected chi connectivity index (χ2v) is 5.49. The highest BCUT2D eigenvalue weighted by molar-refractivity contribution is 5.86. The molecule has 6 heteroatoms. The van der Waals surface area contributed by atoms with Crippen LogP contribution in [0.4, 0.5) is 15.8 Å². The maximum atomic E-state index is 13.6. The van der Waals surface area contributed by atoms with Crippen molar-refractivity contribution >= 4 is 17.3 Å². The third kappa shape index (κ3) is 2.95. The molecule has 1 aromatic rings. The molecule has 2 saturated heterocycles. The number of hydrogen-bond donors (Lipinski definition) is 0. The van der Waals surface area contributed by atoms with E-state index in [0.29, 0.717) is 18.9 Å². The Balaban J connectivity index is 1.96. The zero-order valence-electron chi connectivity index (χ0n) is 12.5. The van der Waals surface area contributed by atoms with E-state index in [1.807, 2.05) is 20.2 Å². The van der Waals surface area contributed by atoms with Gasteiger partial charge in [0, 0.05) is 46.3 Å². The van der Waals surface area contributed by atoms with Gasteiger partial charge in [-0.25, -0.2) is 9.38 Å². The maximum absolute atomic E-state index is 13.6. The first-order valence-corrected chi connectivity index (χ1v) is 7.28. The number of nitrogens with zero attached hydrogens (tertiary/aromatic N) is 4. The molecular weight excluding hydrogens is 271 g/mol. The fraction of sp³-hybridized carbons (Fsp3) is 0.533. The molecule has 0 unspecified atom stereocenters. The van der Waals surface area contributed by atoms with E-state index in [1.54, 1.807) is 0 Å². The Morgan fingerprint density at radius 2 is 1.71 bits per heavy atom. The van der Waals surface area contributed by atoms with E-state index in [2.05, 4.69) is 14.7 Å². The SMILES string of the molecule is CN1CCN(C)C1=Nc1cc(F)ccc1N1CCOCC1. The van der Waals surface area contributed by atoms with Gasteiger partial charge in [-0.05, 0) is 12.1 Å². The van der Waals surface area contributed by atoms with Crippen molar-refractivity contribution in [1.29, 1.82) is 0 Å². The molecular formula is C15H21FN4O. The molecule has 0 aromatic heterocycles. The molecule has 0 spiro atoms. The first kappa shape index (κ1) is 14.1. The van der Waals surface area contributed by atoms with E-state index >= 15 is 0 Å². The topological polar surface area (TPSA) is 31.3 Å². The van der Waals surface area contributed by atoms with Crippen molar-refractivity contribution in [3.05, 3.63) is 24.0 Å². The molecule has 1 aromatic carbocycles. The molecule has 5 nitrogen and oxygen atoms in total. The molecule has 2 aliphatic heterocycles. The van der Waals surface area contributed by atoms with Gasteiger partial charge in [-0.3, -0.25) is 0 Å². The van der Waals surface area contributed by atoms with Crippen LogP contribution < -0.4 is 4.90 Å². The van der Waals surface area contributed by atoms with Crippen LogP contribution in [0.3, 0.4) is 0 Å². The Labute approximate surface area is 124 Å². The molecule has 0 atom stereocenters. The molecule has 3 rings (SSSR count). The Kier molecular flexibility index (Phi) is 3.96. The highest BCUT2D eigenvalue weighted by Gasteiger charge is 2.22. The largest absolute Gasteiger partial charge is 0.378 e. The third-order valence-electron chi connectivity index (χ3n) is 3.96. The average Bonchev–Trinajstić information content (AvgIpc) is 2.80. The summed E-state index contributed by atoms with van der Waals surface area (Å²) in [6.07, 6.45) is 0. The first-order chi connectivity index (χ1) is 10.1.